The van der Waals surface area contributed by atoms with Gasteiger partial charge in [0.25, 0.3) is 5.91 Å². The van der Waals surface area contributed by atoms with E-state index in [1.54, 1.807) is 0 Å². The van der Waals surface area contributed by atoms with E-state index >= 15 is 0 Å². The summed E-state index contributed by atoms with van der Waals surface area (Å²) in [5.74, 6) is 0.232. The predicted octanol–water partition coefficient (Wildman–Crippen LogP) is 1.09. The molecule has 1 aromatic rings. The number of benzene rings is 1. The summed E-state index contributed by atoms with van der Waals surface area (Å²) in [6.07, 6.45) is 4.99. The van der Waals surface area contributed by atoms with Crippen LogP contribution in [0.25, 0.3) is 0 Å². The molecule has 2 aliphatic heterocycles. The van der Waals surface area contributed by atoms with Crippen LogP contribution in [0.2, 0.25) is 0 Å². The van der Waals surface area contributed by atoms with Crippen molar-refractivity contribution in [2.75, 3.05) is 13.2 Å². The fourth-order valence-electron chi connectivity index (χ4n) is 4.64. The highest BCUT2D eigenvalue weighted by atomic mass is 16.2. The Balaban J connectivity index is 1.49. The zero-order valence-electron chi connectivity index (χ0n) is 14.3. The van der Waals surface area contributed by atoms with Gasteiger partial charge in [-0.2, -0.15) is 0 Å². The molecule has 3 amide bonds. The monoisotopic (exact) mass is 328 g/mol. The number of carbonyl (C=O) groups is 2. The molecule has 0 radical (unpaired) electrons. The van der Waals surface area contributed by atoms with Crippen LogP contribution in [-0.2, 0) is 17.8 Å². The Hall–Kier alpha value is -1.88. The van der Waals surface area contributed by atoms with E-state index in [0.717, 1.165) is 45.2 Å². The van der Waals surface area contributed by atoms with E-state index in [2.05, 4.69) is 36.5 Å². The number of fused-ring (bicyclic) bond motifs is 1. The quantitative estimate of drug-likeness (QED) is 0.799. The van der Waals surface area contributed by atoms with E-state index in [9.17, 15) is 9.59 Å². The molecule has 4 rings (SSSR count). The number of imide groups is 1. The fourth-order valence-corrected chi connectivity index (χ4v) is 4.64. The predicted molar refractivity (Wildman–Crippen MR) is 90.3 cm³/mol. The van der Waals surface area contributed by atoms with Gasteiger partial charge in [0.1, 0.15) is 12.1 Å². The van der Waals surface area contributed by atoms with E-state index in [1.165, 1.54) is 20.9 Å². The van der Waals surface area contributed by atoms with E-state index < -0.39 is 5.54 Å². The molecule has 5 heteroatoms. The zero-order valence-corrected chi connectivity index (χ0v) is 14.3. The maximum atomic E-state index is 13.1. The molecule has 1 aromatic carbocycles. The van der Waals surface area contributed by atoms with E-state index in [1.807, 2.05) is 0 Å². The third-order valence-corrected chi connectivity index (χ3v) is 6.19. The average Bonchev–Trinajstić information content (AvgIpc) is 2.83. The minimum Gasteiger partial charge on any atom is -0.323 e. The Morgan fingerprint density at radius 1 is 1.25 bits per heavy atom. The molecule has 24 heavy (non-hydrogen) atoms. The number of amides is 3. The van der Waals surface area contributed by atoms with Crippen LogP contribution in [0, 0.1) is 5.92 Å². The normalized spacial score (nSPS) is 32.8. The zero-order chi connectivity index (χ0) is 16.7. The van der Waals surface area contributed by atoms with Crippen molar-refractivity contribution in [1.82, 2.24) is 10.2 Å². The highest BCUT2D eigenvalue weighted by molar-refractivity contribution is 6.07. The van der Waals surface area contributed by atoms with E-state index in [4.69, 9.17) is 0 Å². The summed E-state index contributed by atoms with van der Waals surface area (Å²) in [6, 6.07) is 8.29. The molecule has 2 heterocycles. The molecule has 2 N–H and O–H groups in total. The lowest BCUT2D eigenvalue weighted by molar-refractivity contribution is -0.923. The molecule has 1 unspecified atom stereocenters. The summed E-state index contributed by atoms with van der Waals surface area (Å²) in [7, 11) is 0. The van der Waals surface area contributed by atoms with Crippen molar-refractivity contribution in [2.45, 2.75) is 51.1 Å². The van der Waals surface area contributed by atoms with Crippen molar-refractivity contribution in [1.29, 1.82) is 0 Å². The molecule has 1 saturated carbocycles. The Kier molecular flexibility index (Phi) is 3.83. The van der Waals surface area contributed by atoms with Crippen LogP contribution < -0.4 is 10.2 Å². The highest BCUT2D eigenvalue weighted by Gasteiger charge is 2.55. The second-order valence-electron chi connectivity index (χ2n) is 7.64. The third kappa shape index (κ3) is 2.42. The first-order chi connectivity index (χ1) is 11.6. The van der Waals surface area contributed by atoms with Crippen molar-refractivity contribution >= 4 is 11.9 Å². The van der Waals surface area contributed by atoms with Gasteiger partial charge in [0.15, 0.2) is 6.67 Å². The van der Waals surface area contributed by atoms with Gasteiger partial charge in [-0.25, -0.2) is 9.69 Å². The topological polar surface area (TPSA) is 53.9 Å². The first-order valence-electron chi connectivity index (χ1n) is 9.14. The van der Waals surface area contributed by atoms with E-state index in [0.29, 0.717) is 6.67 Å². The number of carbonyl (C=O) groups excluding carboxylic acids is 2. The lowest BCUT2D eigenvalue weighted by atomic mass is 9.73. The van der Waals surface area contributed by atoms with Gasteiger partial charge in [-0.1, -0.05) is 44.0 Å². The SMILES string of the molecule is C[C@H]1CCCC[C@]12NC(=O)N(C[NH+]1CCc3ccccc3C1)C2=O. The number of rotatable bonds is 2. The summed E-state index contributed by atoms with van der Waals surface area (Å²) in [5.41, 5.74) is 2.10. The maximum absolute atomic E-state index is 13.1. The molecule has 3 atom stereocenters. The van der Waals surface area contributed by atoms with Gasteiger partial charge in [-0.3, -0.25) is 4.79 Å². The summed E-state index contributed by atoms with van der Waals surface area (Å²) in [6.45, 7) is 4.44. The van der Waals surface area contributed by atoms with E-state index in [-0.39, 0.29) is 17.9 Å². The molecule has 5 nitrogen and oxygen atoms in total. The van der Waals surface area contributed by atoms with Gasteiger partial charge in [0, 0.05) is 12.0 Å². The molecular weight excluding hydrogens is 302 g/mol. The minimum absolute atomic E-state index is 0.00561. The number of urea groups is 1. The summed E-state index contributed by atoms with van der Waals surface area (Å²) >= 11 is 0. The highest BCUT2D eigenvalue weighted by Crippen LogP contribution is 2.37. The number of hydrogen-bond acceptors (Lipinski definition) is 2. The van der Waals surface area contributed by atoms with Crippen LogP contribution >= 0.6 is 0 Å². The van der Waals surface area contributed by atoms with Crippen molar-refractivity contribution in [3.8, 4) is 0 Å². The second kappa shape index (κ2) is 5.88. The Morgan fingerprint density at radius 2 is 2.04 bits per heavy atom. The summed E-state index contributed by atoms with van der Waals surface area (Å²) < 4.78 is 0. The second-order valence-corrected chi connectivity index (χ2v) is 7.64. The van der Waals surface area contributed by atoms with Crippen LogP contribution in [0.4, 0.5) is 4.79 Å². The molecule has 1 spiro atoms. The first-order valence-corrected chi connectivity index (χ1v) is 9.14. The van der Waals surface area contributed by atoms with Gasteiger partial charge in [0.05, 0.1) is 6.54 Å². The van der Waals surface area contributed by atoms with Gasteiger partial charge < -0.3 is 10.2 Å². The standard InChI is InChI=1S/C19H25N3O2/c1-14-6-4-5-10-19(14)17(23)22(18(24)20-19)13-21-11-9-15-7-2-3-8-16(15)12-21/h2-3,7-8,14H,4-6,9-13H2,1H3,(H,20,24)/p+1/t14-,19-/m0/s1. The molecule has 1 saturated heterocycles. The van der Waals surface area contributed by atoms with Gasteiger partial charge in [-0.15, -0.1) is 0 Å². The Labute approximate surface area is 143 Å². The summed E-state index contributed by atoms with van der Waals surface area (Å²) in [5, 5.41) is 3.05. The molecule has 1 aliphatic carbocycles. The van der Waals surface area contributed by atoms with Crippen LogP contribution in [0.5, 0.6) is 0 Å². The van der Waals surface area contributed by atoms with Crippen molar-refractivity contribution in [3.63, 3.8) is 0 Å². The minimum atomic E-state index is -0.636. The van der Waals surface area contributed by atoms with Crippen LogP contribution in [0.1, 0.15) is 43.7 Å². The Morgan fingerprint density at radius 3 is 2.83 bits per heavy atom. The molecule has 0 aromatic heterocycles. The number of quaternary nitrogens is 1. The fraction of sp³-hybridized carbons (Fsp3) is 0.579. The molecule has 2 fully saturated rings. The van der Waals surface area contributed by atoms with Crippen molar-refractivity contribution in [3.05, 3.63) is 35.4 Å². The van der Waals surface area contributed by atoms with Gasteiger partial charge in [0.2, 0.25) is 0 Å². The molecule has 3 aliphatic rings. The molecular formula is C19H26N3O2+. The van der Waals surface area contributed by atoms with Crippen LogP contribution in [0.15, 0.2) is 24.3 Å². The van der Waals surface area contributed by atoms with Crippen LogP contribution in [-0.4, -0.2) is 35.6 Å². The average molecular weight is 328 g/mol. The van der Waals surface area contributed by atoms with Gasteiger partial charge >= 0.3 is 6.03 Å². The van der Waals surface area contributed by atoms with Crippen molar-refractivity contribution in [2.24, 2.45) is 5.92 Å². The number of hydrogen-bond donors (Lipinski definition) is 2. The van der Waals surface area contributed by atoms with Crippen LogP contribution in [0.3, 0.4) is 0 Å². The summed E-state index contributed by atoms with van der Waals surface area (Å²) in [4.78, 5) is 28.3. The number of nitrogens with one attached hydrogen (secondary N) is 2. The molecule has 0 bridgehead atoms. The lowest BCUT2D eigenvalue weighted by Crippen LogP contribution is -3.13. The number of nitrogens with zero attached hydrogens (tertiary/aromatic N) is 1. The molecule has 128 valence electrons. The first kappa shape index (κ1) is 15.6. The Bertz CT molecular complexity index is 674. The van der Waals surface area contributed by atoms with Crippen molar-refractivity contribution < 1.29 is 14.5 Å². The third-order valence-electron chi connectivity index (χ3n) is 6.19. The lowest BCUT2D eigenvalue weighted by Gasteiger charge is -2.37. The largest absolute Gasteiger partial charge is 0.329 e. The maximum Gasteiger partial charge on any atom is 0.329 e. The smallest absolute Gasteiger partial charge is 0.323 e. The van der Waals surface area contributed by atoms with Gasteiger partial charge in [-0.05, 0) is 24.3 Å².